The van der Waals surface area contributed by atoms with E-state index < -0.39 is 0 Å². The van der Waals surface area contributed by atoms with Gasteiger partial charge in [-0.3, -0.25) is 0 Å². The van der Waals surface area contributed by atoms with Crippen LogP contribution in [0.2, 0.25) is 0 Å². The second-order valence-electron chi connectivity index (χ2n) is 4.57. The first-order valence-corrected chi connectivity index (χ1v) is 4.99. The second kappa shape index (κ2) is 2.71. The normalized spacial score (nSPS) is 48.2. The molecule has 0 aromatic heterocycles. The maximum Gasteiger partial charge on any atom is 0.0796 e. The summed E-state index contributed by atoms with van der Waals surface area (Å²) in [6, 6.07) is 0.704. The molecule has 3 unspecified atom stereocenters. The highest BCUT2D eigenvalue weighted by Gasteiger charge is 2.50. The van der Waals surface area contributed by atoms with E-state index in [1.807, 2.05) is 0 Å². The predicted octanol–water partition coefficient (Wildman–Crippen LogP) is 1.51. The number of hydrogen-bond acceptors (Lipinski definition) is 2. The van der Waals surface area contributed by atoms with Crippen LogP contribution in [0.4, 0.5) is 0 Å². The molecule has 0 aromatic carbocycles. The number of hydrogen-bond donors (Lipinski definition) is 0. The Balaban J connectivity index is 2.19. The van der Waals surface area contributed by atoms with Gasteiger partial charge in [-0.2, -0.15) is 0 Å². The van der Waals surface area contributed by atoms with E-state index >= 15 is 0 Å². The van der Waals surface area contributed by atoms with Crippen LogP contribution in [0, 0.1) is 5.41 Å². The maximum absolute atomic E-state index is 5.81. The van der Waals surface area contributed by atoms with Crippen molar-refractivity contribution in [3.05, 3.63) is 0 Å². The highest BCUT2D eigenvalue weighted by Crippen LogP contribution is 2.42. The molecule has 70 valence electrons. The highest BCUT2D eigenvalue weighted by atomic mass is 16.5. The van der Waals surface area contributed by atoms with E-state index in [9.17, 15) is 0 Å². The van der Waals surface area contributed by atoms with Gasteiger partial charge in [-0.1, -0.05) is 13.8 Å². The summed E-state index contributed by atoms with van der Waals surface area (Å²) < 4.78 is 5.81. The molecule has 2 rings (SSSR count). The van der Waals surface area contributed by atoms with Crippen molar-refractivity contribution in [1.82, 2.24) is 4.90 Å². The molecule has 0 amide bonds. The molecule has 0 aromatic rings. The summed E-state index contributed by atoms with van der Waals surface area (Å²) in [6.07, 6.45) is 2.97. The molecule has 0 saturated carbocycles. The molecule has 2 heteroatoms. The van der Waals surface area contributed by atoms with E-state index in [0.717, 1.165) is 6.61 Å². The van der Waals surface area contributed by atoms with Gasteiger partial charge in [0.25, 0.3) is 0 Å². The van der Waals surface area contributed by atoms with E-state index in [1.165, 1.54) is 19.4 Å². The topological polar surface area (TPSA) is 12.5 Å². The number of rotatable bonds is 1. The molecular formula is C10H19NO. The summed E-state index contributed by atoms with van der Waals surface area (Å²) >= 11 is 0. The molecule has 0 aliphatic carbocycles. The number of likely N-dealkylation sites (tertiary alicyclic amines) is 1. The van der Waals surface area contributed by atoms with Gasteiger partial charge < -0.3 is 9.64 Å². The third kappa shape index (κ3) is 1.01. The summed E-state index contributed by atoms with van der Waals surface area (Å²) in [5.74, 6) is 0. The third-order valence-corrected chi connectivity index (χ3v) is 3.73. The SMILES string of the molecule is CCC1(C)CN(C)C2CCOC21. The van der Waals surface area contributed by atoms with Gasteiger partial charge >= 0.3 is 0 Å². The van der Waals surface area contributed by atoms with E-state index in [-0.39, 0.29) is 0 Å². The van der Waals surface area contributed by atoms with Crippen LogP contribution < -0.4 is 0 Å². The van der Waals surface area contributed by atoms with Crippen LogP contribution in [0.25, 0.3) is 0 Å². The van der Waals surface area contributed by atoms with Gasteiger partial charge in [0, 0.05) is 24.6 Å². The molecule has 0 bridgehead atoms. The number of fused-ring (bicyclic) bond motifs is 1. The van der Waals surface area contributed by atoms with Crippen molar-refractivity contribution >= 4 is 0 Å². The zero-order valence-electron chi connectivity index (χ0n) is 8.34. The number of ether oxygens (including phenoxy) is 1. The Morgan fingerprint density at radius 2 is 2.33 bits per heavy atom. The average molecular weight is 169 g/mol. The second-order valence-corrected chi connectivity index (χ2v) is 4.57. The lowest BCUT2D eigenvalue weighted by molar-refractivity contribution is 0.0285. The Morgan fingerprint density at radius 1 is 1.58 bits per heavy atom. The van der Waals surface area contributed by atoms with Crippen LogP contribution >= 0.6 is 0 Å². The van der Waals surface area contributed by atoms with E-state index in [2.05, 4.69) is 25.8 Å². The standard InChI is InChI=1S/C10H19NO/c1-4-10(2)7-11(3)8-5-6-12-9(8)10/h8-9H,4-7H2,1-3H3. The fraction of sp³-hybridized carbons (Fsp3) is 1.00. The lowest BCUT2D eigenvalue weighted by Crippen LogP contribution is -2.32. The van der Waals surface area contributed by atoms with Crippen LogP contribution in [0.1, 0.15) is 26.7 Å². The lowest BCUT2D eigenvalue weighted by Gasteiger charge is -2.27. The van der Waals surface area contributed by atoms with E-state index in [1.54, 1.807) is 0 Å². The molecule has 0 N–H and O–H groups in total. The van der Waals surface area contributed by atoms with Gasteiger partial charge in [0.2, 0.25) is 0 Å². The molecule has 12 heavy (non-hydrogen) atoms. The summed E-state index contributed by atoms with van der Waals surface area (Å²) in [4.78, 5) is 2.47. The number of nitrogens with zero attached hydrogens (tertiary/aromatic N) is 1. The minimum absolute atomic E-state index is 0.413. The Labute approximate surface area is 74.9 Å². The quantitative estimate of drug-likeness (QED) is 0.590. The van der Waals surface area contributed by atoms with Gasteiger partial charge in [0.05, 0.1) is 6.10 Å². The zero-order valence-corrected chi connectivity index (χ0v) is 8.34. The van der Waals surface area contributed by atoms with E-state index in [0.29, 0.717) is 17.6 Å². The molecule has 2 heterocycles. The zero-order chi connectivity index (χ0) is 8.77. The van der Waals surface area contributed by atoms with Crippen molar-refractivity contribution in [3.8, 4) is 0 Å². The first-order chi connectivity index (χ1) is 5.67. The molecule has 3 atom stereocenters. The molecule has 2 saturated heterocycles. The molecule has 0 radical (unpaired) electrons. The monoisotopic (exact) mass is 169 g/mol. The Hall–Kier alpha value is -0.0800. The van der Waals surface area contributed by atoms with Gasteiger partial charge in [-0.25, -0.2) is 0 Å². The molecule has 2 nitrogen and oxygen atoms in total. The smallest absolute Gasteiger partial charge is 0.0796 e. The molecule has 2 aliphatic heterocycles. The minimum atomic E-state index is 0.413. The van der Waals surface area contributed by atoms with Crippen molar-refractivity contribution in [2.75, 3.05) is 20.2 Å². The third-order valence-electron chi connectivity index (χ3n) is 3.73. The molecule has 2 aliphatic rings. The molecular weight excluding hydrogens is 150 g/mol. The fourth-order valence-corrected chi connectivity index (χ4v) is 2.79. The highest BCUT2D eigenvalue weighted by molar-refractivity contribution is 5.02. The largest absolute Gasteiger partial charge is 0.376 e. The lowest BCUT2D eigenvalue weighted by atomic mass is 9.82. The van der Waals surface area contributed by atoms with Crippen molar-refractivity contribution < 1.29 is 4.74 Å². The summed E-state index contributed by atoms with van der Waals surface area (Å²) in [5, 5.41) is 0. The Bertz CT molecular complexity index is 183. The van der Waals surface area contributed by atoms with Gasteiger partial charge in [-0.15, -0.1) is 0 Å². The summed E-state index contributed by atoms with van der Waals surface area (Å²) in [6.45, 7) is 6.81. The van der Waals surface area contributed by atoms with Crippen LogP contribution in [0.5, 0.6) is 0 Å². The number of likely N-dealkylation sites (N-methyl/N-ethyl adjacent to an activating group) is 1. The minimum Gasteiger partial charge on any atom is -0.376 e. The van der Waals surface area contributed by atoms with Crippen LogP contribution in [0.15, 0.2) is 0 Å². The Kier molecular flexibility index (Phi) is 1.92. The van der Waals surface area contributed by atoms with Crippen molar-refractivity contribution in [2.45, 2.75) is 38.8 Å². The van der Waals surface area contributed by atoms with Gasteiger partial charge in [0.1, 0.15) is 0 Å². The predicted molar refractivity (Wildman–Crippen MR) is 49.2 cm³/mol. The van der Waals surface area contributed by atoms with Crippen molar-refractivity contribution in [3.63, 3.8) is 0 Å². The van der Waals surface area contributed by atoms with Gasteiger partial charge in [-0.05, 0) is 19.9 Å². The van der Waals surface area contributed by atoms with Crippen LogP contribution in [-0.2, 0) is 4.74 Å². The maximum atomic E-state index is 5.81. The van der Waals surface area contributed by atoms with Crippen molar-refractivity contribution in [1.29, 1.82) is 0 Å². The van der Waals surface area contributed by atoms with Crippen LogP contribution in [0.3, 0.4) is 0 Å². The summed E-state index contributed by atoms with van der Waals surface area (Å²) in [7, 11) is 2.23. The first kappa shape index (κ1) is 8.52. The molecule has 0 spiro atoms. The van der Waals surface area contributed by atoms with Crippen LogP contribution in [-0.4, -0.2) is 37.2 Å². The summed E-state index contributed by atoms with van der Waals surface area (Å²) in [5.41, 5.74) is 0.413. The van der Waals surface area contributed by atoms with Gasteiger partial charge in [0.15, 0.2) is 0 Å². The van der Waals surface area contributed by atoms with Crippen molar-refractivity contribution in [2.24, 2.45) is 5.41 Å². The average Bonchev–Trinajstić information content (AvgIpc) is 2.58. The first-order valence-electron chi connectivity index (χ1n) is 4.99. The molecule has 2 fully saturated rings. The Morgan fingerprint density at radius 3 is 3.00 bits per heavy atom. The van der Waals surface area contributed by atoms with E-state index in [4.69, 9.17) is 4.74 Å². The fourth-order valence-electron chi connectivity index (χ4n) is 2.79.